The number of carbonyl (C=O) groups is 2. The number of rotatable bonds is 2. The van der Waals surface area contributed by atoms with Crippen molar-refractivity contribution in [2.45, 2.75) is 13.8 Å². The maximum Gasteiger partial charge on any atom is 0.330 e. The summed E-state index contributed by atoms with van der Waals surface area (Å²) in [5.74, 6) is -1.87. The normalized spacial score (nSPS) is 8.10. The lowest BCUT2D eigenvalue weighted by Gasteiger charge is -1.79. The summed E-state index contributed by atoms with van der Waals surface area (Å²) in [4.78, 5) is 43.9. The van der Waals surface area contributed by atoms with E-state index in [1.54, 1.807) is 0 Å². The van der Waals surface area contributed by atoms with Crippen LogP contribution in [0.4, 0.5) is 0 Å². The van der Waals surface area contributed by atoms with Gasteiger partial charge < -0.3 is 15.2 Å². The molecule has 8 heteroatoms. The zero-order valence-electron chi connectivity index (χ0n) is 11.1. The zero-order valence-corrected chi connectivity index (χ0v) is 11.1. The molecule has 0 unspecified atom stereocenters. The molecule has 0 spiro atoms. The Balaban J connectivity index is 0. The summed E-state index contributed by atoms with van der Waals surface area (Å²) >= 11 is 0. The van der Waals surface area contributed by atoms with E-state index in [1.807, 2.05) is 4.98 Å². The third-order valence-electron chi connectivity index (χ3n) is 1.42. The Labute approximate surface area is 114 Å². The van der Waals surface area contributed by atoms with Crippen LogP contribution >= 0.6 is 0 Å². The van der Waals surface area contributed by atoms with E-state index in [0.29, 0.717) is 0 Å². The molecule has 0 radical (unpaired) electrons. The van der Waals surface area contributed by atoms with Gasteiger partial charge in [0.05, 0.1) is 0 Å². The molecule has 0 bridgehead atoms. The molecule has 1 heterocycles. The van der Waals surface area contributed by atoms with Crippen LogP contribution in [0.25, 0.3) is 0 Å². The van der Waals surface area contributed by atoms with Gasteiger partial charge in [0.25, 0.3) is 5.56 Å². The molecule has 110 valence electrons. The van der Waals surface area contributed by atoms with Crippen molar-refractivity contribution in [3.63, 3.8) is 0 Å². The minimum atomic E-state index is -0.935. The second kappa shape index (κ2) is 10.1. The second-order valence-electron chi connectivity index (χ2n) is 3.47. The van der Waals surface area contributed by atoms with Gasteiger partial charge in [-0.15, -0.1) is 0 Å². The van der Waals surface area contributed by atoms with Crippen molar-refractivity contribution in [1.82, 2.24) is 9.97 Å². The van der Waals surface area contributed by atoms with E-state index in [-0.39, 0.29) is 16.7 Å². The number of hydrogen-bond acceptors (Lipinski definition) is 4. The summed E-state index contributed by atoms with van der Waals surface area (Å²) in [5, 5.41) is 15.8. The Morgan fingerprint density at radius 3 is 1.55 bits per heavy atom. The van der Waals surface area contributed by atoms with Gasteiger partial charge in [-0.05, 0) is 13.8 Å². The van der Waals surface area contributed by atoms with E-state index in [1.165, 1.54) is 26.1 Å². The number of aromatic nitrogens is 2. The third kappa shape index (κ3) is 13.2. The predicted molar refractivity (Wildman–Crippen MR) is 72.6 cm³/mol. The van der Waals surface area contributed by atoms with Crippen molar-refractivity contribution in [2.24, 2.45) is 0 Å². The fourth-order valence-corrected chi connectivity index (χ4v) is 0.383. The minimum Gasteiger partial charge on any atom is -0.478 e. The Hall–Kier alpha value is -2.90. The summed E-state index contributed by atoms with van der Waals surface area (Å²) in [7, 11) is 0. The maximum atomic E-state index is 10.2. The Morgan fingerprint density at radius 1 is 1.05 bits per heavy atom. The van der Waals surface area contributed by atoms with Gasteiger partial charge in [-0.1, -0.05) is 13.2 Å². The smallest absolute Gasteiger partial charge is 0.330 e. The first-order valence-electron chi connectivity index (χ1n) is 5.13. The Kier molecular flexibility index (Phi) is 9.78. The zero-order chi connectivity index (χ0) is 16.3. The fourth-order valence-electron chi connectivity index (χ4n) is 0.383. The first-order chi connectivity index (χ1) is 9.07. The molecule has 0 atom stereocenters. The lowest BCUT2D eigenvalue weighted by atomic mass is 10.4. The van der Waals surface area contributed by atoms with Crippen LogP contribution in [-0.4, -0.2) is 32.1 Å². The molecule has 1 rings (SSSR count). The number of carboxylic acid groups (broad SMARTS) is 2. The van der Waals surface area contributed by atoms with E-state index in [4.69, 9.17) is 10.2 Å². The molecule has 0 saturated heterocycles. The Bertz CT molecular complexity index is 523. The number of aromatic amines is 2. The van der Waals surface area contributed by atoms with Crippen molar-refractivity contribution in [1.29, 1.82) is 0 Å². The highest BCUT2D eigenvalue weighted by Crippen LogP contribution is 1.81. The van der Waals surface area contributed by atoms with E-state index in [0.717, 1.165) is 0 Å². The van der Waals surface area contributed by atoms with Gasteiger partial charge in [0.2, 0.25) is 0 Å². The molecule has 1 aromatic rings. The maximum absolute atomic E-state index is 10.2. The molecule has 1 aromatic heterocycles. The standard InChI is InChI=1S/C4H4N2O2.2C4H6O2/c7-3-1-2-5-4(8)6-3;2*1-3(2)4(5)6/h1-2H,(H2,5,6,7,8);2*1H2,2H3,(H,5,6). The predicted octanol–water partition coefficient (Wildman–Crippen LogP) is 0.357. The molecule has 0 amide bonds. The molecule has 4 N–H and O–H groups in total. The summed E-state index contributed by atoms with van der Waals surface area (Å²) in [6.45, 7) is 9.20. The van der Waals surface area contributed by atoms with Crippen LogP contribution in [0.2, 0.25) is 0 Å². The van der Waals surface area contributed by atoms with Crippen molar-refractivity contribution in [2.75, 3.05) is 0 Å². The van der Waals surface area contributed by atoms with Crippen LogP contribution in [0, 0.1) is 0 Å². The van der Waals surface area contributed by atoms with Gasteiger partial charge >= 0.3 is 17.6 Å². The van der Waals surface area contributed by atoms with Crippen molar-refractivity contribution in [3.05, 3.63) is 57.4 Å². The summed E-state index contributed by atoms with van der Waals surface area (Å²) in [6, 6.07) is 1.24. The van der Waals surface area contributed by atoms with Gasteiger partial charge in [-0.3, -0.25) is 9.78 Å². The van der Waals surface area contributed by atoms with E-state index in [9.17, 15) is 19.2 Å². The lowest BCUT2D eigenvalue weighted by Crippen LogP contribution is -2.19. The van der Waals surface area contributed by atoms with Crippen molar-refractivity contribution >= 4 is 11.9 Å². The van der Waals surface area contributed by atoms with Crippen LogP contribution in [0.1, 0.15) is 13.8 Å². The van der Waals surface area contributed by atoms with E-state index >= 15 is 0 Å². The van der Waals surface area contributed by atoms with Crippen molar-refractivity contribution < 1.29 is 19.8 Å². The highest BCUT2D eigenvalue weighted by molar-refractivity contribution is 5.85. The monoisotopic (exact) mass is 284 g/mol. The van der Waals surface area contributed by atoms with Gasteiger partial charge in [-0.25, -0.2) is 14.4 Å². The summed E-state index contributed by atoms with van der Waals surface area (Å²) in [6.07, 6.45) is 1.29. The summed E-state index contributed by atoms with van der Waals surface area (Å²) in [5.41, 5.74) is -0.503. The van der Waals surface area contributed by atoms with Gasteiger partial charge in [0.15, 0.2) is 0 Å². The highest BCUT2D eigenvalue weighted by Gasteiger charge is 1.90. The number of aliphatic carboxylic acids is 2. The molecule has 0 aliphatic heterocycles. The first-order valence-corrected chi connectivity index (χ1v) is 5.13. The topological polar surface area (TPSA) is 140 Å². The Morgan fingerprint density at radius 2 is 1.40 bits per heavy atom. The number of H-pyrrole nitrogens is 2. The summed E-state index contributed by atoms with van der Waals surface area (Å²) < 4.78 is 0. The average Bonchev–Trinajstić information content (AvgIpc) is 2.29. The molecule has 0 fully saturated rings. The van der Waals surface area contributed by atoms with Crippen LogP contribution in [-0.2, 0) is 9.59 Å². The molecule has 0 aromatic carbocycles. The van der Waals surface area contributed by atoms with Crippen LogP contribution in [0.15, 0.2) is 46.2 Å². The lowest BCUT2D eigenvalue weighted by molar-refractivity contribution is -0.133. The number of nitrogens with one attached hydrogen (secondary N) is 2. The number of hydrogen-bond donors (Lipinski definition) is 4. The average molecular weight is 284 g/mol. The van der Waals surface area contributed by atoms with Crippen LogP contribution in [0.3, 0.4) is 0 Å². The van der Waals surface area contributed by atoms with Crippen molar-refractivity contribution in [3.8, 4) is 0 Å². The molecule has 0 aliphatic carbocycles. The third-order valence-corrected chi connectivity index (χ3v) is 1.42. The SMILES string of the molecule is C=C(C)C(=O)O.C=C(C)C(=O)O.O=c1cc[nH]c(=O)[nH]1. The van der Waals surface area contributed by atoms with Gasteiger partial charge in [0.1, 0.15) is 0 Å². The van der Waals surface area contributed by atoms with E-state index in [2.05, 4.69) is 18.1 Å². The van der Waals surface area contributed by atoms with Crippen LogP contribution in [0.5, 0.6) is 0 Å². The molecular formula is C12H16N2O6. The molecule has 8 nitrogen and oxygen atoms in total. The fraction of sp³-hybridized carbons (Fsp3) is 0.167. The van der Waals surface area contributed by atoms with Gasteiger partial charge in [-0.2, -0.15) is 0 Å². The molecule has 0 saturated carbocycles. The molecule has 0 aliphatic rings. The molecular weight excluding hydrogens is 268 g/mol. The quantitative estimate of drug-likeness (QED) is 0.578. The van der Waals surface area contributed by atoms with Gasteiger partial charge in [0, 0.05) is 23.4 Å². The largest absolute Gasteiger partial charge is 0.478 e. The minimum absolute atomic E-state index is 0.176. The highest BCUT2D eigenvalue weighted by atomic mass is 16.4. The first kappa shape index (κ1) is 19.4. The van der Waals surface area contributed by atoms with Crippen LogP contribution < -0.4 is 11.2 Å². The van der Waals surface area contributed by atoms with E-state index < -0.39 is 17.6 Å². The molecule has 20 heavy (non-hydrogen) atoms. The number of carboxylic acids is 2. The second-order valence-corrected chi connectivity index (χ2v) is 3.47.